The predicted octanol–water partition coefficient (Wildman–Crippen LogP) is 3.45. The predicted molar refractivity (Wildman–Crippen MR) is 93.5 cm³/mol. The van der Waals surface area contributed by atoms with Gasteiger partial charge in [-0.05, 0) is 24.3 Å². The Hall–Kier alpha value is -3.06. The average Bonchev–Trinajstić information content (AvgIpc) is 3.17. The SMILES string of the molecule is COC(=O)c1ccc(-c2nnc(-c3ccc(C(=O)OC)cc3)s2)cc1. The van der Waals surface area contributed by atoms with Crippen LogP contribution in [0.15, 0.2) is 48.5 Å². The molecule has 0 amide bonds. The highest BCUT2D eigenvalue weighted by molar-refractivity contribution is 7.17. The van der Waals surface area contributed by atoms with Crippen LogP contribution in [0.5, 0.6) is 0 Å². The van der Waals surface area contributed by atoms with Gasteiger partial charge >= 0.3 is 11.9 Å². The smallest absolute Gasteiger partial charge is 0.337 e. The van der Waals surface area contributed by atoms with Crippen LogP contribution in [0.4, 0.5) is 0 Å². The number of carbonyl (C=O) groups is 2. The maximum atomic E-state index is 11.5. The normalized spacial score (nSPS) is 10.3. The van der Waals surface area contributed by atoms with Crippen molar-refractivity contribution in [3.05, 3.63) is 59.7 Å². The number of hydrogen-bond acceptors (Lipinski definition) is 7. The molecule has 0 saturated carbocycles. The van der Waals surface area contributed by atoms with Gasteiger partial charge in [-0.1, -0.05) is 35.6 Å². The van der Waals surface area contributed by atoms with E-state index in [0.717, 1.165) is 21.1 Å². The first-order valence-corrected chi connectivity index (χ1v) is 8.15. The zero-order valence-electron chi connectivity index (χ0n) is 13.6. The molecular formula is C18H14N2O4S. The molecule has 0 aliphatic carbocycles. The van der Waals surface area contributed by atoms with E-state index in [4.69, 9.17) is 0 Å². The van der Waals surface area contributed by atoms with Crippen molar-refractivity contribution in [2.75, 3.05) is 14.2 Å². The Kier molecular flexibility index (Phi) is 4.85. The fraction of sp³-hybridized carbons (Fsp3) is 0.111. The maximum Gasteiger partial charge on any atom is 0.337 e. The molecule has 0 bridgehead atoms. The van der Waals surface area contributed by atoms with Crippen molar-refractivity contribution in [1.29, 1.82) is 0 Å². The molecular weight excluding hydrogens is 340 g/mol. The second-order valence-electron chi connectivity index (χ2n) is 5.05. The second kappa shape index (κ2) is 7.23. The number of methoxy groups -OCH3 is 2. The van der Waals surface area contributed by atoms with Gasteiger partial charge < -0.3 is 9.47 Å². The molecule has 2 aromatic carbocycles. The van der Waals surface area contributed by atoms with Crippen molar-refractivity contribution in [2.45, 2.75) is 0 Å². The Bertz CT molecular complexity index is 828. The molecule has 1 heterocycles. The van der Waals surface area contributed by atoms with Crippen LogP contribution in [-0.4, -0.2) is 36.4 Å². The Morgan fingerprint density at radius 3 is 1.40 bits per heavy atom. The Balaban J connectivity index is 1.82. The summed E-state index contributed by atoms with van der Waals surface area (Å²) in [5, 5.41) is 9.86. The summed E-state index contributed by atoms with van der Waals surface area (Å²) in [4.78, 5) is 22.9. The van der Waals surface area contributed by atoms with Gasteiger partial charge in [-0.2, -0.15) is 0 Å². The monoisotopic (exact) mass is 354 g/mol. The molecule has 0 spiro atoms. The Morgan fingerprint density at radius 1 is 0.720 bits per heavy atom. The van der Waals surface area contributed by atoms with Gasteiger partial charge in [0.05, 0.1) is 25.3 Å². The van der Waals surface area contributed by atoms with Crippen molar-refractivity contribution in [2.24, 2.45) is 0 Å². The fourth-order valence-electron chi connectivity index (χ4n) is 2.19. The molecule has 1 aromatic heterocycles. The fourth-order valence-corrected chi connectivity index (χ4v) is 3.04. The zero-order valence-corrected chi connectivity index (χ0v) is 14.4. The van der Waals surface area contributed by atoms with E-state index in [9.17, 15) is 9.59 Å². The van der Waals surface area contributed by atoms with Gasteiger partial charge in [-0.3, -0.25) is 0 Å². The molecule has 0 radical (unpaired) electrons. The summed E-state index contributed by atoms with van der Waals surface area (Å²) in [5.41, 5.74) is 2.69. The number of benzene rings is 2. The first-order valence-electron chi connectivity index (χ1n) is 7.33. The van der Waals surface area contributed by atoms with Crippen LogP contribution in [0.25, 0.3) is 21.1 Å². The average molecular weight is 354 g/mol. The summed E-state index contributed by atoms with van der Waals surface area (Å²) >= 11 is 1.42. The highest BCUT2D eigenvalue weighted by atomic mass is 32.1. The number of aromatic nitrogens is 2. The van der Waals surface area contributed by atoms with E-state index in [0.29, 0.717) is 11.1 Å². The van der Waals surface area contributed by atoms with Crippen molar-refractivity contribution >= 4 is 23.3 Å². The third kappa shape index (κ3) is 3.56. The second-order valence-corrected chi connectivity index (χ2v) is 6.03. The number of esters is 2. The minimum Gasteiger partial charge on any atom is -0.465 e. The third-order valence-electron chi connectivity index (χ3n) is 3.53. The van der Waals surface area contributed by atoms with E-state index >= 15 is 0 Å². The lowest BCUT2D eigenvalue weighted by Gasteiger charge is -2.00. The summed E-state index contributed by atoms with van der Waals surface area (Å²) in [6.45, 7) is 0. The number of rotatable bonds is 4. The molecule has 0 unspecified atom stereocenters. The van der Waals surface area contributed by atoms with Crippen LogP contribution in [0.1, 0.15) is 20.7 Å². The van der Waals surface area contributed by atoms with Gasteiger partial charge in [0.15, 0.2) is 0 Å². The molecule has 25 heavy (non-hydrogen) atoms. The van der Waals surface area contributed by atoms with E-state index < -0.39 is 0 Å². The summed E-state index contributed by atoms with van der Waals surface area (Å²) < 4.78 is 9.36. The van der Waals surface area contributed by atoms with Crippen LogP contribution in [-0.2, 0) is 9.47 Å². The molecule has 6 nitrogen and oxygen atoms in total. The van der Waals surface area contributed by atoms with Crippen LogP contribution in [0.3, 0.4) is 0 Å². The summed E-state index contributed by atoms with van der Waals surface area (Å²) in [6, 6.07) is 14.0. The molecule has 3 aromatic rings. The van der Waals surface area contributed by atoms with E-state index in [2.05, 4.69) is 19.7 Å². The van der Waals surface area contributed by atoms with Crippen LogP contribution in [0, 0.1) is 0 Å². The van der Waals surface area contributed by atoms with Crippen molar-refractivity contribution in [3.63, 3.8) is 0 Å². The van der Waals surface area contributed by atoms with Crippen molar-refractivity contribution in [3.8, 4) is 21.1 Å². The summed E-state index contributed by atoms with van der Waals surface area (Å²) in [7, 11) is 2.69. The molecule has 0 saturated heterocycles. The molecule has 0 fully saturated rings. The lowest BCUT2D eigenvalue weighted by molar-refractivity contribution is 0.0592. The zero-order chi connectivity index (χ0) is 17.8. The number of carbonyl (C=O) groups excluding carboxylic acids is 2. The molecule has 7 heteroatoms. The molecule has 0 aliphatic heterocycles. The Labute approximate surface area is 148 Å². The number of nitrogens with zero attached hydrogens (tertiary/aromatic N) is 2. The van der Waals surface area contributed by atoms with Crippen molar-refractivity contribution < 1.29 is 19.1 Å². The van der Waals surface area contributed by atoms with E-state index in [1.807, 2.05) is 0 Å². The van der Waals surface area contributed by atoms with Crippen LogP contribution < -0.4 is 0 Å². The molecule has 3 rings (SSSR count). The molecule has 0 atom stereocenters. The van der Waals surface area contributed by atoms with E-state index in [-0.39, 0.29) is 11.9 Å². The minimum absolute atomic E-state index is 0.379. The van der Waals surface area contributed by atoms with Crippen LogP contribution >= 0.6 is 11.3 Å². The topological polar surface area (TPSA) is 78.4 Å². The number of hydrogen-bond donors (Lipinski definition) is 0. The van der Waals surface area contributed by atoms with Gasteiger partial charge in [-0.15, -0.1) is 10.2 Å². The van der Waals surface area contributed by atoms with Gasteiger partial charge in [0.1, 0.15) is 10.0 Å². The lowest BCUT2D eigenvalue weighted by atomic mass is 10.1. The van der Waals surface area contributed by atoms with Gasteiger partial charge in [-0.25, -0.2) is 9.59 Å². The van der Waals surface area contributed by atoms with E-state index in [1.54, 1.807) is 48.5 Å². The van der Waals surface area contributed by atoms with Crippen LogP contribution in [0.2, 0.25) is 0 Å². The largest absolute Gasteiger partial charge is 0.465 e. The standard InChI is InChI=1S/C18H14N2O4S/c1-23-17(21)13-7-3-11(4-8-13)15-19-20-16(25-15)12-5-9-14(10-6-12)18(22)24-2/h3-10H,1-2H3. The molecule has 126 valence electrons. The first-order chi connectivity index (χ1) is 12.1. The highest BCUT2D eigenvalue weighted by Crippen LogP contribution is 2.30. The third-order valence-corrected chi connectivity index (χ3v) is 4.55. The Morgan fingerprint density at radius 2 is 1.08 bits per heavy atom. The quantitative estimate of drug-likeness (QED) is 0.668. The van der Waals surface area contributed by atoms with Gasteiger partial charge in [0, 0.05) is 11.1 Å². The van der Waals surface area contributed by atoms with Gasteiger partial charge in [0.2, 0.25) is 0 Å². The maximum absolute atomic E-state index is 11.5. The molecule has 0 N–H and O–H groups in total. The number of ether oxygens (including phenoxy) is 2. The summed E-state index contributed by atoms with van der Waals surface area (Å²) in [6.07, 6.45) is 0. The summed E-state index contributed by atoms with van der Waals surface area (Å²) in [5.74, 6) is -0.759. The lowest BCUT2D eigenvalue weighted by Crippen LogP contribution is -2.00. The van der Waals surface area contributed by atoms with E-state index in [1.165, 1.54) is 25.6 Å². The highest BCUT2D eigenvalue weighted by Gasteiger charge is 2.11. The molecule has 0 aliphatic rings. The van der Waals surface area contributed by atoms with Gasteiger partial charge in [0.25, 0.3) is 0 Å². The van der Waals surface area contributed by atoms with Crippen molar-refractivity contribution in [1.82, 2.24) is 10.2 Å². The first kappa shape index (κ1) is 16.8. The minimum atomic E-state index is -0.379.